The molecule has 1 atom stereocenters. The minimum atomic E-state index is -1.02. The van der Waals surface area contributed by atoms with Crippen LogP contribution in [0, 0.1) is 0 Å². The summed E-state index contributed by atoms with van der Waals surface area (Å²) in [6.45, 7) is 4.23. The number of anilines is 1. The molecule has 10 heteroatoms. The number of nitrogens with zero attached hydrogens (tertiary/aromatic N) is 1. The molecule has 0 bridgehead atoms. The summed E-state index contributed by atoms with van der Waals surface area (Å²) >= 11 is 1.22. The quantitative estimate of drug-likeness (QED) is 0.642. The number of carbonyl (C=O) groups is 4. The number of esters is 2. The predicted molar refractivity (Wildman–Crippen MR) is 118 cm³/mol. The average molecular weight is 460 g/mol. The number of hydrogen-bond acceptors (Lipinski definition) is 7. The molecule has 1 aromatic carbocycles. The fraction of sp³-hybridized carbons (Fsp3) is 0.364. The summed E-state index contributed by atoms with van der Waals surface area (Å²) in [6, 6.07) is 7.00. The molecule has 1 aromatic heterocycles. The number of ether oxygens (including phenoxy) is 2. The molecule has 170 valence electrons. The molecule has 3 rings (SSSR count). The zero-order valence-electron chi connectivity index (χ0n) is 18.1. The molecule has 2 N–H and O–H groups in total. The lowest BCUT2D eigenvalue weighted by molar-refractivity contribution is -0.143. The number of benzene rings is 1. The van der Waals surface area contributed by atoms with Crippen LogP contribution in [0.5, 0.6) is 0 Å². The molecule has 0 radical (unpaired) electrons. The molecule has 1 aliphatic rings. The second kappa shape index (κ2) is 10.3. The van der Waals surface area contributed by atoms with Crippen LogP contribution < -0.4 is 10.6 Å². The van der Waals surface area contributed by atoms with E-state index in [-0.39, 0.29) is 12.5 Å². The number of amides is 3. The minimum absolute atomic E-state index is 0.0576. The normalized spacial score (nSPS) is 13.5. The van der Waals surface area contributed by atoms with E-state index < -0.39 is 24.0 Å². The van der Waals surface area contributed by atoms with Gasteiger partial charge in [0.05, 0.1) is 25.8 Å². The van der Waals surface area contributed by atoms with E-state index in [0.717, 1.165) is 10.4 Å². The summed E-state index contributed by atoms with van der Waals surface area (Å²) in [6.07, 6.45) is 0.484. The van der Waals surface area contributed by atoms with Crippen LogP contribution >= 0.6 is 11.3 Å². The maximum Gasteiger partial charge on any atom is 0.341 e. The van der Waals surface area contributed by atoms with Gasteiger partial charge in [-0.25, -0.2) is 14.4 Å². The van der Waals surface area contributed by atoms with Crippen molar-refractivity contribution < 1.29 is 28.7 Å². The summed E-state index contributed by atoms with van der Waals surface area (Å²) in [5.41, 5.74) is 1.62. The molecule has 3 amide bonds. The molecular formula is C22H25N3O6S. The van der Waals surface area contributed by atoms with Gasteiger partial charge in [-0.3, -0.25) is 10.1 Å². The molecule has 2 heterocycles. The van der Waals surface area contributed by atoms with Gasteiger partial charge in [0.25, 0.3) is 0 Å². The van der Waals surface area contributed by atoms with Gasteiger partial charge in [-0.1, -0.05) is 30.3 Å². The average Bonchev–Trinajstić information content (AvgIpc) is 3.14. The van der Waals surface area contributed by atoms with Gasteiger partial charge in [-0.2, -0.15) is 0 Å². The Morgan fingerprint density at radius 3 is 2.53 bits per heavy atom. The summed E-state index contributed by atoms with van der Waals surface area (Å²) in [5, 5.41) is 5.60. The number of carbonyl (C=O) groups excluding carboxylic acids is 4. The van der Waals surface area contributed by atoms with Crippen LogP contribution in [-0.4, -0.2) is 49.0 Å². The standard InChI is InChI=1S/C22H25N3O6S/c1-4-31-20(27)17-15-10-11-25(13(2)26)12-16(15)32-19(17)24-22(29)23-18(21(28)30-3)14-8-6-5-7-9-14/h5-9,18H,4,10-12H2,1-3H3,(H2,23,24,29). The molecule has 2 aromatic rings. The van der Waals surface area contributed by atoms with Crippen molar-refractivity contribution in [3.63, 3.8) is 0 Å². The lowest BCUT2D eigenvalue weighted by Crippen LogP contribution is -2.37. The highest BCUT2D eigenvalue weighted by Gasteiger charge is 2.31. The topological polar surface area (TPSA) is 114 Å². The van der Waals surface area contributed by atoms with E-state index in [1.54, 1.807) is 42.2 Å². The van der Waals surface area contributed by atoms with Crippen molar-refractivity contribution >= 4 is 40.2 Å². The van der Waals surface area contributed by atoms with E-state index in [9.17, 15) is 19.2 Å². The van der Waals surface area contributed by atoms with Crippen LogP contribution in [-0.2, 0) is 32.0 Å². The van der Waals surface area contributed by atoms with Crippen molar-refractivity contribution in [2.75, 3.05) is 25.6 Å². The zero-order chi connectivity index (χ0) is 23.3. The molecule has 0 spiro atoms. The Morgan fingerprint density at radius 2 is 1.91 bits per heavy atom. The van der Waals surface area contributed by atoms with Gasteiger partial charge in [0.2, 0.25) is 5.91 Å². The second-order valence-corrected chi connectivity index (χ2v) is 8.19. The second-order valence-electron chi connectivity index (χ2n) is 7.08. The van der Waals surface area contributed by atoms with E-state index in [0.29, 0.717) is 35.6 Å². The van der Waals surface area contributed by atoms with Crippen LogP contribution in [0.15, 0.2) is 30.3 Å². The van der Waals surface area contributed by atoms with Gasteiger partial charge in [0, 0.05) is 18.3 Å². The molecule has 32 heavy (non-hydrogen) atoms. The minimum Gasteiger partial charge on any atom is -0.467 e. The maximum absolute atomic E-state index is 12.8. The van der Waals surface area contributed by atoms with Gasteiger partial charge >= 0.3 is 18.0 Å². The number of fused-ring (bicyclic) bond motifs is 1. The van der Waals surface area contributed by atoms with Crippen molar-refractivity contribution in [2.45, 2.75) is 32.9 Å². The number of methoxy groups -OCH3 is 1. The smallest absolute Gasteiger partial charge is 0.341 e. The molecule has 1 aliphatic heterocycles. The van der Waals surface area contributed by atoms with E-state index in [1.165, 1.54) is 25.4 Å². The first-order chi connectivity index (χ1) is 15.3. The first-order valence-corrected chi connectivity index (χ1v) is 10.9. The Hall–Kier alpha value is -3.40. The maximum atomic E-state index is 12.8. The SMILES string of the molecule is CCOC(=O)c1c(NC(=O)NC(C(=O)OC)c2ccccc2)sc2c1CCN(C(C)=O)C2. The van der Waals surface area contributed by atoms with E-state index >= 15 is 0 Å². The van der Waals surface area contributed by atoms with Gasteiger partial charge in [-0.05, 0) is 24.5 Å². The Balaban J connectivity index is 1.87. The zero-order valence-corrected chi connectivity index (χ0v) is 18.9. The van der Waals surface area contributed by atoms with E-state index in [2.05, 4.69) is 10.6 Å². The summed E-state index contributed by atoms with van der Waals surface area (Å²) in [4.78, 5) is 52.0. The highest BCUT2D eigenvalue weighted by atomic mass is 32.1. The molecule has 0 saturated heterocycles. The largest absolute Gasteiger partial charge is 0.467 e. The van der Waals surface area contributed by atoms with Crippen molar-refractivity contribution in [1.82, 2.24) is 10.2 Å². The Labute approximate surface area is 189 Å². The van der Waals surface area contributed by atoms with Crippen LogP contribution in [0.3, 0.4) is 0 Å². The molecule has 0 fully saturated rings. The van der Waals surface area contributed by atoms with Gasteiger partial charge in [0.15, 0.2) is 6.04 Å². The van der Waals surface area contributed by atoms with Crippen molar-refractivity contribution in [3.05, 3.63) is 51.9 Å². The molecule has 0 aliphatic carbocycles. The Bertz CT molecular complexity index is 1020. The van der Waals surface area contributed by atoms with Crippen LogP contribution in [0.4, 0.5) is 9.80 Å². The van der Waals surface area contributed by atoms with Crippen molar-refractivity contribution in [3.8, 4) is 0 Å². The fourth-order valence-electron chi connectivity index (χ4n) is 3.49. The highest BCUT2D eigenvalue weighted by molar-refractivity contribution is 7.17. The third-order valence-corrected chi connectivity index (χ3v) is 6.19. The van der Waals surface area contributed by atoms with Crippen LogP contribution in [0.1, 0.15) is 46.3 Å². The molecule has 1 unspecified atom stereocenters. The number of rotatable bonds is 6. The third kappa shape index (κ3) is 5.08. The van der Waals surface area contributed by atoms with Crippen LogP contribution in [0.2, 0.25) is 0 Å². The monoisotopic (exact) mass is 459 g/mol. The lowest BCUT2D eigenvalue weighted by atomic mass is 10.0. The van der Waals surface area contributed by atoms with E-state index in [1.807, 2.05) is 0 Å². The van der Waals surface area contributed by atoms with Crippen LogP contribution in [0.25, 0.3) is 0 Å². The first-order valence-electron chi connectivity index (χ1n) is 10.1. The van der Waals surface area contributed by atoms with Gasteiger partial charge in [-0.15, -0.1) is 11.3 Å². The number of nitrogens with one attached hydrogen (secondary N) is 2. The lowest BCUT2D eigenvalue weighted by Gasteiger charge is -2.25. The fourth-order valence-corrected chi connectivity index (χ4v) is 4.74. The van der Waals surface area contributed by atoms with Crippen molar-refractivity contribution in [1.29, 1.82) is 0 Å². The number of urea groups is 1. The van der Waals surface area contributed by atoms with Crippen molar-refractivity contribution in [2.24, 2.45) is 0 Å². The molecule has 0 saturated carbocycles. The summed E-state index contributed by atoms with van der Waals surface area (Å²) in [5.74, 6) is -1.22. The first kappa shape index (κ1) is 23.3. The summed E-state index contributed by atoms with van der Waals surface area (Å²) < 4.78 is 10.0. The summed E-state index contributed by atoms with van der Waals surface area (Å²) in [7, 11) is 1.24. The molecular weight excluding hydrogens is 434 g/mol. The number of hydrogen-bond donors (Lipinski definition) is 2. The van der Waals surface area contributed by atoms with Gasteiger partial charge < -0.3 is 19.7 Å². The highest BCUT2D eigenvalue weighted by Crippen LogP contribution is 2.37. The van der Waals surface area contributed by atoms with Gasteiger partial charge in [0.1, 0.15) is 5.00 Å². The molecule has 9 nitrogen and oxygen atoms in total. The van der Waals surface area contributed by atoms with E-state index in [4.69, 9.17) is 9.47 Å². The third-order valence-electron chi connectivity index (χ3n) is 5.05. The predicted octanol–water partition coefficient (Wildman–Crippen LogP) is 2.87. The Kier molecular flexibility index (Phi) is 7.47. The number of thiophene rings is 1. The Morgan fingerprint density at radius 1 is 1.19 bits per heavy atom.